The second-order valence-corrected chi connectivity index (χ2v) is 6.38. The Bertz CT molecular complexity index is 617. The highest BCUT2D eigenvalue weighted by Gasteiger charge is 2.18. The van der Waals surface area contributed by atoms with Gasteiger partial charge >= 0.3 is 0 Å². The maximum Gasteiger partial charge on any atom is 0.162 e. The van der Waals surface area contributed by atoms with Crippen molar-refractivity contribution in [3.63, 3.8) is 0 Å². The van der Waals surface area contributed by atoms with Crippen LogP contribution in [0.4, 0.5) is 0 Å². The van der Waals surface area contributed by atoms with Crippen LogP contribution in [0.25, 0.3) is 0 Å². The summed E-state index contributed by atoms with van der Waals surface area (Å²) in [6.45, 7) is 0. The molecule has 0 saturated carbocycles. The fourth-order valence-electron chi connectivity index (χ4n) is 1.91. The van der Waals surface area contributed by atoms with Crippen LogP contribution in [-0.2, 0) is 0 Å². The molecule has 0 aromatic heterocycles. The fraction of sp³-hybridized carbons (Fsp3) is 0.200. The summed E-state index contributed by atoms with van der Waals surface area (Å²) in [5.41, 5.74) is 2.04. The molecule has 0 aliphatic rings. The van der Waals surface area contributed by atoms with Crippen LogP contribution >= 0.6 is 43.5 Å². The van der Waals surface area contributed by atoms with E-state index in [2.05, 4.69) is 31.9 Å². The van der Waals surface area contributed by atoms with E-state index in [4.69, 9.17) is 21.1 Å². The van der Waals surface area contributed by atoms with E-state index in [9.17, 15) is 0 Å². The van der Waals surface area contributed by atoms with Crippen LogP contribution in [0.15, 0.2) is 40.9 Å². The molecule has 0 bridgehead atoms. The molecular formula is C15H13Br2ClO2. The minimum absolute atomic E-state index is 0.0210. The third-order valence-electron chi connectivity index (χ3n) is 2.92. The van der Waals surface area contributed by atoms with Gasteiger partial charge in [-0.1, -0.05) is 55.6 Å². The second kappa shape index (κ2) is 6.83. The number of hydrogen-bond acceptors (Lipinski definition) is 2. The van der Waals surface area contributed by atoms with Gasteiger partial charge in [-0.15, -0.1) is 0 Å². The maximum atomic E-state index is 6.34. The summed E-state index contributed by atoms with van der Waals surface area (Å²) in [6.07, 6.45) is 0. The Morgan fingerprint density at radius 3 is 2.30 bits per heavy atom. The van der Waals surface area contributed by atoms with E-state index in [1.807, 2.05) is 30.3 Å². The van der Waals surface area contributed by atoms with Crippen LogP contribution in [0.5, 0.6) is 11.5 Å². The Morgan fingerprint density at radius 2 is 1.70 bits per heavy atom. The fourth-order valence-corrected chi connectivity index (χ4v) is 3.38. The monoisotopic (exact) mass is 418 g/mol. The van der Waals surface area contributed by atoms with E-state index in [-0.39, 0.29) is 4.83 Å². The first-order chi connectivity index (χ1) is 9.56. The number of halogens is 3. The van der Waals surface area contributed by atoms with E-state index in [0.29, 0.717) is 16.5 Å². The van der Waals surface area contributed by atoms with Gasteiger partial charge in [0, 0.05) is 15.6 Å². The molecule has 0 amide bonds. The topological polar surface area (TPSA) is 18.5 Å². The number of alkyl halides is 1. The van der Waals surface area contributed by atoms with E-state index < -0.39 is 0 Å². The molecule has 0 aliphatic carbocycles. The third-order valence-corrected chi connectivity index (χ3v) is 4.76. The highest BCUT2D eigenvalue weighted by molar-refractivity contribution is 9.10. The molecule has 20 heavy (non-hydrogen) atoms. The molecule has 5 heteroatoms. The van der Waals surface area contributed by atoms with Crippen molar-refractivity contribution in [3.8, 4) is 11.5 Å². The van der Waals surface area contributed by atoms with Gasteiger partial charge < -0.3 is 9.47 Å². The van der Waals surface area contributed by atoms with Gasteiger partial charge in [-0.05, 0) is 29.3 Å². The Labute approximate surface area is 140 Å². The van der Waals surface area contributed by atoms with Crippen molar-refractivity contribution in [2.45, 2.75) is 4.83 Å². The van der Waals surface area contributed by atoms with Crippen molar-refractivity contribution in [3.05, 3.63) is 57.0 Å². The predicted molar refractivity (Wildman–Crippen MR) is 89.5 cm³/mol. The molecule has 0 fully saturated rings. The maximum absolute atomic E-state index is 6.34. The lowest BCUT2D eigenvalue weighted by Gasteiger charge is -2.16. The highest BCUT2D eigenvalue weighted by atomic mass is 79.9. The van der Waals surface area contributed by atoms with Crippen molar-refractivity contribution in [2.24, 2.45) is 0 Å². The molecule has 2 aromatic rings. The molecule has 106 valence electrons. The summed E-state index contributed by atoms with van der Waals surface area (Å²) >= 11 is 13.5. The van der Waals surface area contributed by atoms with Crippen molar-refractivity contribution < 1.29 is 9.47 Å². The van der Waals surface area contributed by atoms with Gasteiger partial charge in [0.2, 0.25) is 0 Å². The molecule has 1 unspecified atom stereocenters. The smallest absolute Gasteiger partial charge is 0.162 e. The zero-order valence-electron chi connectivity index (χ0n) is 11.0. The Kier molecular flexibility index (Phi) is 5.35. The molecule has 0 aliphatic heterocycles. The molecular weight excluding hydrogens is 407 g/mol. The quantitative estimate of drug-likeness (QED) is 0.599. The standard InChI is InChI=1S/C15H13Br2ClO2/c1-19-13-7-11(12(18)8-14(13)20-2)15(17)9-4-3-5-10(16)6-9/h3-8,15H,1-2H3. The molecule has 0 N–H and O–H groups in total. The lowest BCUT2D eigenvalue weighted by atomic mass is 10.0. The van der Waals surface area contributed by atoms with E-state index >= 15 is 0 Å². The van der Waals surface area contributed by atoms with Gasteiger partial charge in [0.15, 0.2) is 11.5 Å². The molecule has 2 aromatic carbocycles. The van der Waals surface area contributed by atoms with Crippen molar-refractivity contribution in [1.29, 1.82) is 0 Å². The Balaban J connectivity index is 2.46. The minimum Gasteiger partial charge on any atom is -0.493 e. The van der Waals surface area contributed by atoms with Crippen LogP contribution in [-0.4, -0.2) is 14.2 Å². The van der Waals surface area contributed by atoms with Gasteiger partial charge in [-0.3, -0.25) is 0 Å². The first kappa shape index (κ1) is 15.7. The van der Waals surface area contributed by atoms with Gasteiger partial charge in [-0.25, -0.2) is 0 Å². The Morgan fingerprint density at radius 1 is 1.05 bits per heavy atom. The average Bonchev–Trinajstić information content (AvgIpc) is 2.46. The number of ether oxygens (including phenoxy) is 2. The van der Waals surface area contributed by atoms with Crippen LogP contribution in [0.3, 0.4) is 0 Å². The number of methoxy groups -OCH3 is 2. The molecule has 0 saturated heterocycles. The van der Waals surface area contributed by atoms with E-state index in [0.717, 1.165) is 15.6 Å². The Hall–Kier alpha value is -0.710. The average molecular weight is 421 g/mol. The van der Waals surface area contributed by atoms with Crippen molar-refractivity contribution >= 4 is 43.5 Å². The largest absolute Gasteiger partial charge is 0.493 e. The molecule has 0 radical (unpaired) electrons. The summed E-state index contributed by atoms with van der Waals surface area (Å²) in [4.78, 5) is -0.0210. The molecule has 1 atom stereocenters. The SMILES string of the molecule is COc1cc(Cl)c(C(Br)c2cccc(Br)c2)cc1OC. The normalized spacial score (nSPS) is 12.1. The third kappa shape index (κ3) is 3.30. The first-order valence-electron chi connectivity index (χ1n) is 5.87. The van der Waals surface area contributed by atoms with Crippen LogP contribution in [0.1, 0.15) is 16.0 Å². The number of hydrogen-bond donors (Lipinski definition) is 0. The predicted octanol–water partition coefficient (Wildman–Crippen LogP) is 5.60. The van der Waals surface area contributed by atoms with Gasteiger partial charge in [0.1, 0.15) is 0 Å². The van der Waals surface area contributed by atoms with Gasteiger partial charge in [0.05, 0.1) is 19.0 Å². The summed E-state index contributed by atoms with van der Waals surface area (Å²) in [5, 5.41) is 0.629. The van der Waals surface area contributed by atoms with Crippen LogP contribution in [0, 0.1) is 0 Å². The minimum atomic E-state index is -0.0210. The highest BCUT2D eigenvalue weighted by Crippen LogP contribution is 2.41. The van der Waals surface area contributed by atoms with Crippen LogP contribution < -0.4 is 9.47 Å². The summed E-state index contributed by atoms with van der Waals surface area (Å²) in [7, 11) is 3.20. The lowest BCUT2D eigenvalue weighted by Crippen LogP contribution is -1.97. The number of rotatable bonds is 4. The number of benzene rings is 2. The van der Waals surface area contributed by atoms with Crippen molar-refractivity contribution in [2.75, 3.05) is 14.2 Å². The zero-order chi connectivity index (χ0) is 14.7. The molecule has 0 heterocycles. The summed E-state index contributed by atoms with van der Waals surface area (Å²) < 4.78 is 11.6. The van der Waals surface area contributed by atoms with Crippen molar-refractivity contribution in [1.82, 2.24) is 0 Å². The molecule has 2 rings (SSSR count). The van der Waals surface area contributed by atoms with E-state index in [1.54, 1.807) is 20.3 Å². The molecule has 0 spiro atoms. The van der Waals surface area contributed by atoms with Gasteiger partial charge in [-0.2, -0.15) is 0 Å². The van der Waals surface area contributed by atoms with E-state index in [1.165, 1.54) is 0 Å². The summed E-state index contributed by atoms with van der Waals surface area (Å²) in [6, 6.07) is 11.7. The summed E-state index contributed by atoms with van der Waals surface area (Å²) in [5.74, 6) is 1.28. The zero-order valence-corrected chi connectivity index (χ0v) is 14.9. The molecule has 2 nitrogen and oxygen atoms in total. The second-order valence-electron chi connectivity index (χ2n) is 4.15. The van der Waals surface area contributed by atoms with Gasteiger partial charge in [0.25, 0.3) is 0 Å². The van der Waals surface area contributed by atoms with Crippen LogP contribution in [0.2, 0.25) is 5.02 Å². The first-order valence-corrected chi connectivity index (χ1v) is 7.96. The lowest BCUT2D eigenvalue weighted by molar-refractivity contribution is 0.354.